The standard InChI is InChI=1S/C22H25N3O4S/c23-21(26)17-5-7-18(8-6-17)22(27)24-11-13-25(14-12-24)30(28,29)20-10-9-16-3-1-2-4-19(16)15-20/h5-10,15H,1-4,11-14H2,(H2,23,26). The number of amides is 2. The Kier molecular flexibility index (Phi) is 5.62. The van der Waals surface area contributed by atoms with E-state index in [0.717, 1.165) is 31.2 Å². The van der Waals surface area contributed by atoms with E-state index in [1.54, 1.807) is 23.1 Å². The predicted molar refractivity (Wildman–Crippen MR) is 113 cm³/mol. The van der Waals surface area contributed by atoms with Crippen molar-refractivity contribution in [3.05, 3.63) is 64.7 Å². The SMILES string of the molecule is NC(=O)c1ccc(C(=O)N2CCN(S(=O)(=O)c3ccc4c(c3)CCCC4)CC2)cc1. The first-order valence-electron chi connectivity index (χ1n) is 10.2. The summed E-state index contributed by atoms with van der Waals surface area (Å²) in [5.41, 5.74) is 8.40. The monoisotopic (exact) mass is 427 g/mol. The molecule has 0 radical (unpaired) electrons. The Balaban J connectivity index is 1.43. The smallest absolute Gasteiger partial charge is 0.253 e. The lowest BCUT2D eigenvalue weighted by Gasteiger charge is -2.34. The van der Waals surface area contributed by atoms with Gasteiger partial charge in [-0.25, -0.2) is 8.42 Å². The van der Waals surface area contributed by atoms with Crippen molar-refractivity contribution in [1.82, 2.24) is 9.21 Å². The second kappa shape index (κ2) is 8.20. The van der Waals surface area contributed by atoms with Crippen LogP contribution < -0.4 is 5.73 Å². The summed E-state index contributed by atoms with van der Waals surface area (Å²) < 4.78 is 27.7. The summed E-state index contributed by atoms with van der Waals surface area (Å²) in [5.74, 6) is -0.730. The van der Waals surface area contributed by atoms with Crippen LogP contribution in [0.3, 0.4) is 0 Å². The van der Waals surface area contributed by atoms with Crippen molar-refractivity contribution < 1.29 is 18.0 Å². The number of nitrogens with zero attached hydrogens (tertiary/aromatic N) is 2. The summed E-state index contributed by atoms with van der Waals surface area (Å²) in [6.07, 6.45) is 4.18. The zero-order valence-electron chi connectivity index (χ0n) is 16.7. The van der Waals surface area contributed by atoms with Gasteiger partial charge < -0.3 is 10.6 Å². The lowest BCUT2D eigenvalue weighted by molar-refractivity contribution is 0.0697. The van der Waals surface area contributed by atoms with Crippen LogP contribution in [-0.2, 0) is 22.9 Å². The van der Waals surface area contributed by atoms with E-state index in [9.17, 15) is 18.0 Å². The highest BCUT2D eigenvalue weighted by Gasteiger charge is 2.31. The predicted octanol–water partition coefficient (Wildman–Crippen LogP) is 1.81. The van der Waals surface area contributed by atoms with Gasteiger partial charge in [-0.1, -0.05) is 6.07 Å². The van der Waals surface area contributed by atoms with Crippen LogP contribution in [0.1, 0.15) is 44.7 Å². The molecule has 2 aromatic carbocycles. The maximum Gasteiger partial charge on any atom is 0.253 e. The van der Waals surface area contributed by atoms with E-state index in [2.05, 4.69) is 0 Å². The first kappa shape index (κ1) is 20.6. The zero-order chi connectivity index (χ0) is 21.3. The normalized spacial score (nSPS) is 17.4. The fourth-order valence-corrected chi connectivity index (χ4v) is 5.58. The summed E-state index contributed by atoms with van der Waals surface area (Å²) in [4.78, 5) is 25.9. The van der Waals surface area contributed by atoms with Gasteiger partial charge in [-0.3, -0.25) is 9.59 Å². The van der Waals surface area contributed by atoms with Gasteiger partial charge in [-0.2, -0.15) is 4.31 Å². The molecular formula is C22H25N3O4S. The van der Waals surface area contributed by atoms with Gasteiger partial charge in [0, 0.05) is 37.3 Å². The minimum atomic E-state index is -3.58. The quantitative estimate of drug-likeness (QED) is 0.804. The van der Waals surface area contributed by atoms with Crippen LogP contribution >= 0.6 is 0 Å². The number of carbonyl (C=O) groups is 2. The van der Waals surface area contributed by atoms with Gasteiger partial charge in [0.15, 0.2) is 0 Å². The van der Waals surface area contributed by atoms with Gasteiger partial charge in [0.05, 0.1) is 4.90 Å². The van der Waals surface area contributed by atoms with E-state index >= 15 is 0 Å². The van der Waals surface area contributed by atoms with Crippen LogP contribution in [0.25, 0.3) is 0 Å². The lowest BCUT2D eigenvalue weighted by atomic mass is 9.92. The van der Waals surface area contributed by atoms with Crippen LogP contribution in [0.2, 0.25) is 0 Å². The van der Waals surface area contributed by atoms with E-state index in [0.29, 0.717) is 29.1 Å². The number of rotatable bonds is 4. The Morgan fingerprint density at radius 2 is 1.40 bits per heavy atom. The fraction of sp³-hybridized carbons (Fsp3) is 0.364. The van der Waals surface area contributed by atoms with E-state index < -0.39 is 15.9 Å². The van der Waals surface area contributed by atoms with Crippen molar-refractivity contribution in [2.45, 2.75) is 30.6 Å². The van der Waals surface area contributed by atoms with Crippen molar-refractivity contribution in [2.75, 3.05) is 26.2 Å². The molecule has 1 aliphatic carbocycles. The molecule has 0 aromatic heterocycles. The van der Waals surface area contributed by atoms with E-state index in [1.807, 2.05) is 12.1 Å². The molecule has 1 saturated heterocycles. The number of hydrogen-bond acceptors (Lipinski definition) is 4. The molecule has 2 N–H and O–H groups in total. The van der Waals surface area contributed by atoms with Gasteiger partial charge in [0.2, 0.25) is 15.9 Å². The molecule has 0 bridgehead atoms. The number of sulfonamides is 1. The van der Waals surface area contributed by atoms with Crippen LogP contribution in [0.4, 0.5) is 0 Å². The highest BCUT2D eigenvalue weighted by molar-refractivity contribution is 7.89. The molecule has 158 valence electrons. The summed E-state index contributed by atoms with van der Waals surface area (Å²) >= 11 is 0. The van der Waals surface area contributed by atoms with Crippen LogP contribution in [0, 0.1) is 0 Å². The van der Waals surface area contributed by atoms with Crippen LogP contribution in [-0.4, -0.2) is 55.6 Å². The summed E-state index contributed by atoms with van der Waals surface area (Å²) in [6, 6.07) is 11.6. The van der Waals surface area contributed by atoms with Crippen molar-refractivity contribution >= 4 is 21.8 Å². The minimum absolute atomic E-state index is 0.183. The van der Waals surface area contributed by atoms with Crippen LogP contribution in [0.15, 0.2) is 47.4 Å². The maximum absolute atomic E-state index is 13.1. The Labute approximate surface area is 176 Å². The molecule has 2 amide bonds. The topological polar surface area (TPSA) is 101 Å². The van der Waals surface area contributed by atoms with Crippen molar-refractivity contribution in [1.29, 1.82) is 0 Å². The summed E-state index contributed by atoms with van der Waals surface area (Å²) in [5, 5.41) is 0. The summed E-state index contributed by atoms with van der Waals surface area (Å²) in [6.45, 7) is 1.15. The first-order chi connectivity index (χ1) is 14.4. The Bertz CT molecular complexity index is 1070. The van der Waals surface area contributed by atoms with Gasteiger partial charge >= 0.3 is 0 Å². The third kappa shape index (κ3) is 3.97. The molecule has 0 spiro atoms. The number of benzene rings is 2. The molecule has 7 nitrogen and oxygen atoms in total. The molecule has 8 heteroatoms. The van der Waals surface area contributed by atoms with Crippen molar-refractivity contribution in [2.24, 2.45) is 5.73 Å². The second-order valence-electron chi connectivity index (χ2n) is 7.78. The number of nitrogens with two attached hydrogens (primary N) is 1. The highest BCUT2D eigenvalue weighted by Crippen LogP contribution is 2.26. The second-order valence-corrected chi connectivity index (χ2v) is 9.71. The highest BCUT2D eigenvalue weighted by atomic mass is 32.2. The number of aryl methyl sites for hydroxylation is 2. The minimum Gasteiger partial charge on any atom is -0.366 e. The number of primary amides is 1. The average Bonchev–Trinajstić information content (AvgIpc) is 2.78. The molecule has 1 fully saturated rings. The molecule has 2 aromatic rings. The Hall–Kier alpha value is -2.71. The third-order valence-corrected chi connectivity index (χ3v) is 7.79. The molecule has 1 aliphatic heterocycles. The molecule has 0 atom stereocenters. The third-order valence-electron chi connectivity index (χ3n) is 5.90. The molecule has 1 heterocycles. The lowest BCUT2D eigenvalue weighted by Crippen LogP contribution is -2.50. The summed E-state index contributed by atoms with van der Waals surface area (Å²) in [7, 11) is -3.58. The largest absolute Gasteiger partial charge is 0.366 e. The Morgan fingerprint density at radius 1 is 0.800 bits per heavy atom. The molecule has 0 unspecified atom stereocenters. The van der Waals surface area contributed by atoms with Gasteiger partial charge in [-0.15, -0.1) is 0 Å². The van der Waals surface area contributed by atoms with E-state index in [-0.39, 0.29) is 19.0 Å². The Morgan fingerprint density at radius 3 is 2.03 bits per heavy atom. The van der Waals surface area contributed by atoms with Crippen molar-refractivity contribution in [3.63, 3.8) is 0 Å². The number of hydrogen-bond donors (Lipinski definition) is 1. The van der Waals surface area contributed by atoms with Crippen LogP contribution in [0.5, 0.6) is 0 Å². The van der Waals surface area contributed by atoms with E-state index in [1.165, 1.54) is 22.0 Å². The first-order valence-corrected chi connectivity index (χ1v) is 11.6. The van der Waals surface area contributed by atoms with Crippen molar-refractivity contribution in [3.8, 4) is 0 Å². The van der Waals surface area contributed by atoms with E-state index in [4.69, 9.17) is 5.73 Å². The van der Waals surface area contributed by atoms with Gasteiger partial charge in [0.25, 0.3) is 5.91 Å². The molecular weight excluding hydrogens is 402 g/mol. The van der Waals surface area contributed by atoms with Gasteiger partial charge in [-0.05, 0) is 73.2 Å². The number of carbonyl (C=O) groups excluding carboxylic acids is 2. The molecule has 0 saturated carbocycles. The molecule has 2 aliphatic rings. The average molecular weight is 428 g/mol. The molecule has 30 heavy (non-hydrogen) atoms. The zero-order valence-corrected chi connectivity index (χ0v) is 17.5. The molecule has 4 rings (SSSR count). The number of fused-ring (bicyclic) bond motifs is 1. The fourth-order valence-electron chi connectivity index (χ4n) is 4.11. The maximum atomic E-state index is 13.1. The van der Waals surface area contributed by atoms with Gasteiger partial charge in [0.1, 0.15) is 0 Å². The number of piperazine rings is 1.